The number of quaternary nitrogens is 1. The van der Waals surface area contributed by atoms with Crippen LogP contribution in [0.25, 0.3) is 0 Å². The molecule has 0 saturated heterocycles. The van der Waals surface area contributed by atoms with Crippen molar-refractivity contribution in [3.8, 4) is 0 Å². The third-order valence-corrected chi connectivity index (χ3v) is 1.37. The molecule has 0 aromatic carbocycles. The molecule has 1 nitrogen and oxygen atoms in total. The van der Waals surface area contributed by atoms with Crippen LogP contribution in [0.3, 0.4) is 0 Å². The highest BCUT2D eigenvalue weighted by Gasteiger charge is 2.29. The lowest BCUT2D eigenvalue weighted by Gasteiger charge is -1.86. The maximum absolute atomic E-state index is 3.84. The first-order valence-corrected chi connectivity index (χ1v) is 2.85. The molecule has 0 aliphatic heterocycles. The lowest BCUT2D eigenvalue weighted by atomic mass is 10.6. The number of hydrogen-bond donors (Lipinski definition) is 1. The van der Waals surface area contributed by atoms with Crippen LogP contribution in [0.5, 0.6) is 0 Å². The summed E-state index contributed by atoms with van der Waals surface area (Å²) in [5, 5.41) is 2.32. The van der Waals surface area contributed by atoms with Crippen LogP contribution in [0.1, 0.15) is 13.3 Å². The SMILES string of the molecule is C=C1CC1[NH2+]CC. The molecular weight excluding hydrogens is 86.1 g/mol. The third-order valence-electron chi connectivity index (χ3n) is 1.37. The van der Waals surface area contributed by atoms with Crippen molar-refractivity contribution in [3.63, 3.8) is 0 Å². The standard InChI is InChI=1S/C6H11N/c1-3-7-6-4-5(6)2/h6-7H,2-4H2,1H3/p+1. The minimum absolute atomic E-state index is 0.796. The van der Waals surface area contributed by atoms with Gasteiger partial charge in [0.05, 0.1) is 6.54 Å². The van der Waals surface area contributed by atoms with E-state index in [9.17, 15) is 0 Å². The van der Waals surface area contributed by atoms with Crippen LogP contribution in [0.2, 0.25) is 0 Å². The highest BCUT2D eigenvalue weighted by Crippen LogP contribution is 2.21. The Kier molecular flexibility index (Phi) is 1.15. The molecule has 1 aliphatic rings. The zero-order valence-corrected chi connectivity index (χ0v) is 4.78. The van der Waals surface area contributed by atoms with Gasteiger partial charge < -0.3 is 5.32 Å². The van der Waals surface area contributed by atoms with Crippen molar-refractivity contribution in [1.29, 1.82) is 0 Å². The van der Waals surface area contributed by atoms with Gasteiger partial charge in [-0.2, -0.15) is 0 Å². The van der Waals surface area contributed by atoms with Crippen molar-refractivity contribution >= 4 is 0 Å². The van der Waals surface area contributed by atoms with Crippen molar-refractivity contribution in [2.75, 3.05) is 6.54 Å². The molecule has 1 saturated carbocycles. The molecule has 1 aliphatic carbocycles. The van der Waals surface area contributed by atoms with Crippen LogP contribution in [0.15, 0.2) is 12.2 Å². The normalized spacial score (nSPS) is 28.1. The van der Waals surface area contributed by atoms with Gasteiger partial charge in [-0.15, -0.1) is 0 Å². The van der Waals surface area contributed by atoms with Crippen LogP contribution in [-0.2, 0) is 0 Å². The molecular formula is C6H12N+. The van der Waals surface area contributed by atoms with Crippen molar-refractivity contribution in [2.24, 2.45) is 0 Å². The third kappa shape index (κ3) is 1.03. The van der Waals surface area contributed by atoms with Gasteiger partial charge >= 0.3 is 0 Å². The van der Waals surface area contributed by atoms with Gasteiger partial charge in [0.25, 0.3) is 0 Å². The topological polar surface area (TPSA) is 16.6 Å². The summed E-state index contributed by atoms with van der Waals surface area (Å²) >= 11 is 0. The zero-order chi connectivity index (χ0) is 5.28. The van der Waals surface area contributed by atoms with E-state index in [2.05, 4.69) is 18.8 Å². The molecule has 0 amide bonds. The van der Waals surface area contributed by atoms with Crippen molar-refractivity contribution < 1.29 is 5.32 Å². The Bertz CT molecular complexity index is 86.2. The molecule has 1 heteroatoms. The Hall–Kier alpha value is -0.300. The number of nitrogens with two attached hydrogens (primary N) is 1. The lowest BCUT2D eigenvalue weighted by Crippen LogP contribution is -2.85. The molecule has 0 aromatic heterocycles. The fourth-order valence-corrected chi connectivity index (χ4v) is 0.758. The Labute approximate surface area is 44.4 Å². The first kappa shape index (κ1) is 4.85. The molecule has 0 aromatic rings. The molecule has 1 fully saturated rings. The Morgan fingerprint density at radius 3 is 2.71 bits per heavy atom. The van der Waals surface area contributed by atoms with Gasteiger partial charge in [-0.1, -0.05) is 6.58 Å². The number of likely N-dealkylation sites (N-methyl/N-ethyl adjacent to an activating group) is 1. The summed E-state index contributed by atoms with van der Waals surface area (Å²) in [5.74, 6) is 0. The molecule has 1 unspecified atom stereocenters. The highest BCUT2D eigenvalue weighted by atomic mass is 14.9. The Morgan fingerprint density at radius 2 is 2.57 bits per heavy atom. The van der Waals surface area contributed by atoms with E-state index in [4.69, 9.17) is 0 Å². The first-order chi connectivity index (χ1) is 3.34. The van der Waals surface area contributed by atoms with Crippen LogP contribution < -0.4 is 5.32 Å². The maximum atomic E-state index is 3.84. The molecule has 0 heterocycles. The summed E-state index contributed by atoms with van der Waals surface area (Å²) in [4.78, 5) is 0. The largest absolute Gasteiger partial charge is 0.340 e. The second-order valence-corrected chi connectivity index (χ2v) is 2.11. The second-order valence-electron chi connectivity index (χ2n) is 2.11. The lowest BCUT2D eigenvalue weighted by molar-refractivity contribution is -0.661. The van der Waals surface area contributed by atoms with E-state index in [1.807, 2.05) is 0 Å². The molecule has 2 N–H and O–H groups in total. The van der Waals surface area contributed by atoms with Crippen molar-refractivity contribution in [3.05, 3.63) is 12.2 Å². The van der Waals surface area contributed by atoms with Crippen LogP contribution in [0, 0.1) is 0 Å². The van der Waals surface area contributed by atoms with Gasteiger partial charge in [0.2, 0.25) is 0 Å². The Balaban J connectivity index is 2.09. The van der Waals surface area contributed by atoms with E-state index in [0.717, 1.165) is 6.04 Å². The molecule has 0 bridgehead atoms. The second kappa shape index (κ2) is 1.66. The summed E-state index contributed by atoms with van der Waals surface area (Å²) < 4.78 is 0. The van der Waals surface area contributed by atoms with Gasteiger partial charge in [0.15, 0.2) is 0 Å². The first-order valence-electron chi connectivity index (χ1n) is 2.85. The predicted octanol–water partition coefficient (Wildman–Crippen LogP) is -0.102. The van der Waals surface area contributed by atoms with E-state index in [1.54, 1.807) is 0 Å². The molecule has 0 radical (unpaired) electrons. The average molecular weight is 98.2 g/mol. The number of hydrogen-bond acceptors (Lipinski definition) is 0. The summed E-state index contributed by atoms with van der Waals surface area (Å²) in [5.41, 5.74) is 1.42. The van der Waals surface area contributed by atoms with E-state index >= 15 is 0 Å². The number of rotatable bonds is 2. The summed E-state index contributed by atoms with van der Waals surface area (Å²) in [7, 11) is 0. The molecule has 40 valence electrons. The highest BCUT2D eigenvalue weighted by molar-refractivity contribution is 5.19. The van der Waals surface area contributed by atoms with Crippen molar-refractivity contribution in [2.45, 2.75) is 19.4 Å². The van der Waals surface area contributed by atoms with Gasteiger partial charge in [0, 0.05) is 6.42 Å². The van der Waals surface area contributed by atoms with E-state index in [1.165, 1.54) is 18.5 Å². The predicted molar refractivity (Wildman–Crippen MR) is 30.0 cm³/mol. The van der Waals surface area contributed by atoms with Gasteiger partial charge in [-0.3, -0.25) is 0 Å². The van der Waals surface area contributed by atoms with Crippen LogP contribution in [-0.4, -0.2) is 12.6 Å². The van der Waals surface area contributed by atoms with E-state index < -0.39 is 0 Å². The van der Waals surface area contributed by atoms with Gasteiger partial charge in [-0.05, 0) is 12.5 Å². The summed E-state index contributed by atoms with van der Waals surface area (Å²) in [6.45, 7) is 7.21. The van der Waals surface area contributed by atoms with E-state index in [-0.39, 0.29) is 0 Å². The quantitative estimate of drug-likeness (QED) is 0.464. The maximum Gasteiger partial charge on any atom is 0.111 e. The van der Waals surface area contributed by atoms with Crippen LogP contribution >= 0.6 is 0 Å². The minimum Gasteiger partial charge on any atom is -0.340 e. The Morgan fingerprint density at radius 1 is 2.00 bits per heavy atom. The molecule has 7 heavy (non-hydrogen) atoms. The summed E-state index contributed by atoms with van der Waals surface area (Å²) in [6, 6.07) is 0.796. The average Bonchev–Trinajstić information content (AvgIpc) is 2.22. The zero-order valence-electron chi connectivity index (χ0n) is 4.78. The smallest absolute Gasteiger partial charge is 0.111 e. The van der Waals surface area contributed by atoms with Crippen molar-refractivity contribution in [1.82, 2.24) is 0 Å². The van der Waals surface area contributed by atoms with Crippen LogP contribution in [0.4, 0.5) is 0 Å². The monoisotopic (exact) mass is 98.1 g/mol. The fraction of sp³-hybridized carbons (Fsp3) is 0.667. The minimum atomic E-state index is 0.796. The molecule has 1 atom stereocenters. The fourth-order valence-electron chi connectivity index (χ4n) is 0.758. The summed E-state index contributed by atoms with van der Waals surface area (Å²) in [6.07, 6.45) is 1.26. The van der Waals surface area contributed by atoms with E-state index in [0.29, 0.717) is 0 Å². The molecule has 1 rings (SSSR count). The van der Waals surface area contributed by atoms with Gasteiger partial charge in [0.1, 0.15) is 6.04 Å². The van der Waals surface area contributed by atoms with Gasteiger partial charge in [-0.25, -0.2) is 0 Å². The molecule has 0 spiro atoms.